The molecule has 0 spiro atoms. The Kier molecular flexibility index (Phi) is 8.46. The number of hydrogen-bond donors (Lipinski definition) is 1. The van der Waals surface area contributed by atoms with Crippen LogP contribution in [0.25, 0.3) is 22.0 Å². The van der Waals surface area contributed by atoms with Gasteiger partial charge in [-0.05, 0) is 53.4 Å². The number of halogens is 3. The van der Waals surface area contributed by atoms with Crippen LogP contribution in [-0.2, 0) is 0 Å². The van der Waals surface area contributed by atoms with Gasteiger partial charge in [-0.15, -0.1) is 0 Å². The van der Waals surface area contributed by atoms with Crippen molar-refractivity contribution in [3.8, 4) is 16.9 Å². The molecule has 0 amide bonds. The van der Waals surface area contributed by atoms with Crippen molar-refractivity contribution < 1.29 is 17.9 Å². The molecule has 2 aromatic carbocycles. The predicted molar refractivity (Wildman–Crippen MR) is 112 cm³/mol. The second kappa shape index (κ2) is 10.8. The van der Waals surface area contributed by atoms with E-state index in [1.807, 2.05) is 0 Å². The van der Waals surface area contributed by atoms with Crippen molar-refractivity contribution in [2.24, 2.45) is 11.7 Å². The Hall–Kier alpha value is -2.60. The lowest BCUT2D eigenvalue weighted by Gasteiger charge is -2.12. The summed E-state index contributed by atoms with van der Waals surface area (Å²) in [7, 11) is 0. The molecule has 0 unspecified atom stereocenters. The standard InChI is InChI=1S/C17H13F3N2O.C6H14/c18-11-2-3-15-13(8-11)12(5-6-22-15)10-1-4-16(23-9-21)14(7-10)17(19)20;1-4-5-6(2)3/h1-8,17H,9,21H2;6H,4-5H2,1-3H3. The van der Waals surface area contributed by atoms with Gasteiger partial charge in [0.05, 0.1) is 11.1 Å². The van der Waals surface area contributed by atoms with Crippen molar-refractivity contribution in [3.63, 3.8) is 0 Å². The number of benzene rings is 2. The third-order valence-corrected chi connectivity index (χ3v) is 4.36. The van der Waals surface area contributed by atoms with Crippen LogP contribution in [0, 0.1) is 11.7 Å². The summed E-state index contributed by atoms with van der Waals surface area (Å²) in [6.07, 6.45) is 1.56. The van der Waals surface area contributed by atoms with Crippen LogP contribution in [0.15, 0.2) is 48.7 Å². The number of rotatable bonds is 6. The van der Waals surface area contributed by atoms with Gasteiger partial charge in [0.1, 0.15) is 18.3 Å². The summed E-state index contributed by atoms with van der Waals surface area (Å²) >= 11 is 0. The molecular weight excluding hydrogens is 377 g/mol. The first-order valence-electron chi connectivity index (χ1n) is 9.67. The van der Waals surface area contributed by atoms with Gasteiger partial charge in [-0.1, -0.05) is 39.7 Å². The first-order chi connectivity index (χ1) is 13.9. The summed E-state index contributed by atoms with van der Waals surface area (Å²) in [6.45, 7) is 6.54. The van der Waals surface area contributed by atoms with Crippen molar-refractivity contribution >= 4 is 10.9 Å². The Balaban J connectivity index is 0.000000438. The first-order valence-corrected chi connectivity index (χ1v) is 9.67. The molecule has 3 rings (SSSR count). The number of alkyl halides is 2. The van der Waals surface area contributed by atoms with Gasteiger partial charge in [-0.3, -0.25) is 10.7 Å². The van der Waals surface area contributed by atoms with E-state index in [0.717, 1.165) is 5.92 Å². The smallest absolute Gasteiger partial charge is 0.267 e. The number of pyridine rings is 1. The van der Waals surface area contributed by atoms with Gasteiger partial charge in [-0.2, -0.15) is 0 Å². The highest BCUT2D eigenvalue weighted by molar-refractivity contribution is 5.94. The molecule has 3 nitrogen and oxygen atoms in total. The van der Waals surface area contributed by atoms with Crippen LogP contribution in [0.5, 0.6) is 5.75 Å². The largest absolute Gasteiger partial charge is 0.478 e. The minimum absolute atomic E-state index is 0.0378. The number of aromatic nitrogens is 1. The fourth-order valence-corrected chi connectivity index (χ4v) is 3.06. The third-order valence-electron chi connectivity index (χ3n) is 4.36. The van der Waals surface area contributed by atoms with Crippen LogP contribution in [0.1, 0.15) is 45.6 Å². The minimum atomic E-state index is -2.71. The van der Waals surface area contributed by atoms with Crippen molar-refractivity contribution in [2.75, 3.05) is 6.73 Å². The molecule has 0 bridgehead atoms. The van der Waals surface area contributed by atoms with Crippen LogP contribution in [0.2, 0.25) is 0 Å². The van der Waals surface area contributed by atoms with E-state index in [9.17, 15) is 13.2 Å². The normalized spacial score (nSPS) is 10.9. The Bertz CT molecular complexity index is 929. The van der Waals surface area contributed by atoms with Gasteiger partial charge in [0.2, 0.25) is 0 Å². The molecular formula is C23H27F3N2O. The fraction of sp³-hybridized carbons (Fsp3) is 0.348. The molecule has 29 heavy (non-hydrogen) atoms. The van der Waals surface area contributed by atoms with Crippen LogP contribution >= 0.6 is 0 Å². The summed E-state index contributed by atoms with van der Waals surface area (Å²) < 4.78 is 45.0. The van der Waals surface area contributed by atoms with Crippen molar-refractivity contribution in [3.05, 3.63) is 60.0 Å². The van der Waals surface area contributed by atoms with Crippen LogP contribution in [0.3, 0.4) is 0 Å². The molecule has 6 heteroatoms. The molecule has 2 N–H and O–H groups in total. The molecule has 0 atom stereocenters. The molecule has 0 fully saturated rings. The summed E-state index contributed by atoms with van der Waals surface area (Å²) in [4.78, 5) is 4.16. The average Bonchev–Trinajstić information content (AvgIpc) is 2.68. The first kappa shape index (κ1) is 22.7. The van der Waals surface area contributed by atoms with E-state index in [1.54, 1.807) is 24.4 Å². The van der Waals surface area contributed by atoms with E-state index < -0.39 is 12.2 Å². The Morgan fingerprint density at radius 2 is 1.83 bits per heavy atom. The molecule has 0 aliphatic rings. The lowest BCUT2D eigenvalue weighted by atomic mass is 9.99. The maximum absolute atomic E-state index is 13.5. The van der Waals surface area contributed by atoms with Gasteiger partial charge in [0.15, 0.2) is 0 Å². The van der Waals surface area contributed by atoms with Crippen molar-refractivity contribution in [2.45, 2.75) is 40.0 Å². The molecule has 0 saturated heterocycles. The van der Waals surface area contributed by atoms with E-state index in [0.29, 0.717) is 22.0 Å². The second-order valence-electron chi connectivity index (χ2n) is 7.07. The van der Waals surface area contributed by atoms with Crippen LogP contribution < -0.4 is 10.5 Å². The Labute approximate surface area is 169 Å². The van der Waals surface area contributed by atoms with Crippen LogP contribution in [0.4, 0.5) is 13.2 Å². The number of nitrogens with two attached hydrogens (primary N) is 1. The lowest BCUT2D eigenvalue weighted by Crippen LogP contribution is -2.09. The fourth-order valence-electron chi connectivity index (χ4n) is 3.06. The van der Waals surface area contributed by atoms with Crippen molar-refractivity contribution in [1.29, 1.82) is 0 Å². The van der Waals surface area contributed by atoms with Gasteiger partial charge >= 0.3 is 0 Å². The quantitative estimate of drug-likeness (QED) is 0.464. The number of fused-ring (bicyclic) bond motifs is 1. The predicted octanol–water partition coefficient (Wildman–Crippen LogP) is 6.72. The summed E-state index contributed by atoms with van der Waals surface area (Å²) in [5.41, 5.74) is 6.74. The minimum Gasteiger partial charge on any atom is -0.478 e. The van der Waals surface area contributed by atoms with Gasteiger partial charge in [0, 0.05) is 11.6 Å². The van der Waals surface area contributed by atoms with E-state index in [4.69, 9.17) is 10.5 Å². The zero-order chi connectivity index (χ0) is 21.4. The molecule has 0 radical (unpaired) electrons. The molecule has 0 aliphatic heterocycles. The van der Waals surface area contributed by atoms with Gasteiger partial charge < -0.3 is 4.74 Å². The number of hydrogen-bond acceptors (Lipinski definition) is 3. The zero-order valence-corrected chi connectivity index (χ0v) is 17.0. The molecule has 1 heterocycles. The second-order valence-corrected chi connectivity index (χ2v) is 7.07. The van der Waals surface area contributed by atoms with Gasteiger partial charge in [-0.25, -0.2) is 13.2 Å². The van der Waals surface area contributed by atoms with E-state index in [2.05, 4.69) is 25.8 Å². The van der Waals surface area contributed by atoms with Crippen molar-refractivity contribution in [1.82, 2.24) is 4.98 Å². The van der Waals surface area contributed by atoms with E-state index >= 15 is 0 Å². The zero-order valence-electron chi connectivity index (χ0n) is 17.0. The molecule has 0 aliphatic carbocycles. The average molecular weight is 404 g/mol. The SMILES string of the molecule is CCCC(C)C.NCOc1ccc(-c2ccnc3ccc(F)cc23)cc1C(F)F. The van der Waals surface area contributed by atoms with Crippen LogP contribution in [-0.4, -0.2) is 11.7 Å². The number of ether oxygens (including phenoxy) is 1. The molecule has 0 saturated carbocycles. The maximum atomic E-state index is 13.5. The monoisotopic (exact) mass is 404 g/mol. The maximum Gasteiger partial charge on any atom is 0.267 e. The molecule has 3 aromatic rings. The Morgan fingerprint density at radius 3 is 2.41 bits per heavy atom. The van der Waals surface area contributed by atoms with E-state index in [-0.39, 0.29) is 18.0 Å². The highest BCUT2D eigenvalue weighted by Crippen LogP contribution is 2.35. The summed E-state index contributed by atoms with van der Waals surface area (Å²) in [5.74, 6) is 0.523. The molecule has 1 aromatic heterocycles. The number of nitrogens with zero attached hydrogens (tertiary/aromatic N) is 1. The topological polar surface area (TPSA) is 48.1 Å². The Morgan fingerprint density at radius 1 is 1.07 bits per heavy atom. The van der Waals surface area contributed by atoms with Gasteiger partial charge in [0.25, 0.3) is 6.43 Å². The highest BCUT2D eigenvalue weighted by Gasteiger charge is 2.16. The molecule has 156 valence electrons. The summed E-state index contributed by atoms with van der Waals surface area (Å²) in [6, 6.07) is 10.3. The third kappa shape index (κ3) is 6.19. The highest BCUT2D eigenvalue weighted by atomic mass is 19.3. The summed E-state index contributed by atoms with van der Waals surface area (Å²) in [5, 5.41) is 0.556. The van der Waals surface area contributed by atoms with E-state index in [1.165, 1.54) is 37.1 Å². The lowest BCUT2D eigenvalue weighted by molar-refractivity contribution is 0.145.